The molecule has 0 radical (unpaired) electrons. The van der Waals surface area contributed by atoms with Crippen LogP contribution in [-0.2, 0) is 0 Å². The van der Waals surface area contributed by atoms with Crippen LogP contribution in [0.1, 0.15) is 16.8 Å². The van der Waals surface area contributed by atoms with Gasteiger partial charge >= 0.3 is 6.09 Å². The van der Waals surface area contributed by atoms with Crippen LogP contribution in [0.5, 0.6) is 0 Å². The Morgan fingerprint density at radius 1 is 0.969 bits per heavy atom. The van der Waals surface area contributed by atoms with Crippen LogP contribution < -0.4 is 10.6 Å². The summed E-state index contributed by atoms with van der Waals surface area (Å²) in [5.74, 6) is 0.103. The van der Waals surface area contributed by atoms with E-state index in [1.165, 1.54) is 12.1 Å². The van der Waals surface area contributed by atoms with Crippen molar-refractivity contribution in [1.29, 1.82) is 0 Å². The van der Waals surface area contributed by atoms with Gasteiger partial charge in [-0.2, -0.15) is 0 Å². The Morgan fingerprint density at radius 3 is 2.47 bits per heavy atom. The molecule has 0 atom stereocenters. The molecule has 0 aliphatic heterocycles. The van der Waals surface area contributed by atoms with Crippen molar-refractivity contribution in [3.63, 3.8) is 0 Å². The fourth-order valence-corrected chi connectivity index (χ4v) is 3.27. The van der Waals surface area contributed by atoms with Gasteiger partial charge in [0.15, 0.2) is 0 Å². The van der Waals surface area contributed by atoms with E-state index in [4.69, 9.17) is 5.11 Å². The summed E-state index contributed by atoms with van der Waals surface area (Å²) < 4.78 is 15.5. The monoisotopic (exact) mass is 433 g/mol. The van der Waals surface area contributed by atoms with Gasteiger partial charge < -0.3 is 15.7 Å². The second-order valence-corrected chi connectivity index (χ2v) is 7.08. The van der Waals surface area contributed by atoms with E-state index in [0.29, 0.717) is 35.6 Å². The number of amides is 2. The fourth-order valence-electron chi connectivity index (χ4n) is 3.27. The summed E-state index contributed by atoms with van der Waals surface area (Å²) >= 11 is 0. The van der Waals surface area contributed by atoms with Crippen LogP contribution in [0.3, 0.4) is 0 Å². The Labute approximate surface area is 182 Å². The van der Waals surface area contributed by atoms with E-state index in [9.17, 15) is 14.0 Å². The zero-order valence-electron chi connectivity index (χ0n) is 17.0. The van der Waals surface area contributed by atoms with Crippen molar-refractivity contribution in [3.05, 3.63) is 78.5 Å². The average molecular weight is 433 g/mol. The Balaban J connectivity index is 1.50. The standard InChI is InChI=1S/C23H20FN5O3/c24-18-4-1-3-17(11-18)20-14-29-19(12-27-20)13-28-21(29)15-5-7-16(8-6-15)22(30)25-9-2-10-26-23(31)32/h1,3-8,11-14,26H,2,9-10H2,(H,25,30)(H,31,32). The van der Waals surface area contributed by atoms with Gasteiger partial charge in [0.25, 0.3) is 5.91 Å². The van der Waals surface area contributed by atoms with Crippen molar-refractivity contribution >= 4 is 17.5 Å². The fraction of sp³-hybridized carbons (Fsp3) is 0.130. The lowest BCUT2D eigenvalue weighted by atomic mass is 10.1. The molecular weight excluding hydrogens is 413 g/mol. The van der Waals surface area contributed by atoms with Crippen molar-refractivity contribution in [2.24, 2.45) is 0 Å². The molecule has 32 heavy (non-hydrogen) atoms. The quantitative estimate of drug-likeness (QED) is 0.386. The second-order valence-electron chi connectivity index (χ2n) is 7.08. The van der Waals surface area contributed by atoms with Gasteiger partial charge in [0.1, 0.15) is 11.6 Å². The molecule has 2 aromatic carbocycles. The lowest BCUT2D eigenvalue weighted by Gasteiger charge is -2.07. The maximum atomic E-state index is 13.6. The third-order valence-electron chi connectivity index (χ3n) is 4.85. The third-order valence-corrected chi connectivity index (χ3v) is 4.85. The summed E-state index contributed by atoms with van der Waals surface area (Å²) in [5.41, 5.74) is 3.37. The van der Waals surface area contributed by atoms with Crippen LogP contribution in [-0.4, -0.2) is 44.6 Å². The van der Waals surface area contributed by atoms with E-state index in [-0.39, 0.29) is 18.3 Å². The number of fused-ring (bicyclic) bond motifs is 1. The van der Waals surface area contributed by atoms with Crippen molar-refractivity contribution in [1.82, 2.24) is 25.0 Å². The molecule has 4 rings (SSSR count). The van der Waals surface area contributed by atoms with Gasteiger partial charge in [0.2, 0.25) is 0 Å². The van der Waals surface area contributed by atoms with Crippen molar-refractivity contribution < 1.29 is 19.1 Å². The SMILES string of the molecule is O=C(O)NCCCNC(=O)c1ccc(-c2ncc3cnc(-c4cccc(F)c4)cn23)cc1. The highest BCUT2D eigenvalue weighted by atomic mass is 19.1. The molecule has 0 saturated carbocycles. The minimum atomic E-state index is -1.09. The van der Waals surface area contributed by atoms with Crippen molar-refractivity contribution in [3.8, 4) is 22.6 Å². The molecule has 9 heteroatoms. The van der Waals surface area contributed by atoms with Gasteiger partial charge in [-0.15, -0.1) is 0 Å². The molecule has 2 amide bonds. The first-order chi connectivity index (χ1) is 15.5. The van der Waals surface area contributed by atoms with E-state index in [1.807, 2.05) is 4.40 Å². The summed E-state index contributed by atoms with van der Waals surface area (Å²) in [6, 6.07) is 13.3. The van der Waals surface area contributed by atoms with Crippen LogP contribution in [0.25, 0.3) is 28.2 Å². The highest BCUT2D eigenvalue weighted by Gasteiger charge is 2.11. The minimum absolute atomic E-state index is 0.238. The summed E-state index contributed by atoms with van der Waals surface area (Å²) in [5, 5.41) is 13.5. The number of benzene rings is 2. The van der Waals surface area contributed by atoms with E-state index < -0.39 is 6.09 Å². The summed E-state index contributed by atoms with van der Waals surface area (Å²) in [4.78, 5) is 31.5. The second kappa shape index (κ2) is 9.25. The first-order valence-corrected chi connectivity index (χ1v) is 9.96. The number of hydrogen-bond acceptors (Lipinski definition) is 4. The highest BCUT2D eigenvalue weighted by Crippen LogP contribution is 2.24. The van der Waals surface area contributed by atoms with Gasteiger partial charge in [-0.05, 0) is 30.7 Å². The van der Waals surface area contributed by atoms with Gasteiger partial charge in [-0.25, -0.2) is 14.2 Å². The molecule has 0 aliphatic rings. The lowest BCUT2D eigenvalue weighted by Crippen LogP contribution is -2.29. The topological polar surface area (TPSA) is 109 Å². The Morgan fingerprint density at radius 2 is 1.72 bits per heavy atom. The van der Waals surface area contributed by atoms with Gasteiger partial charge in [-0.3, -0.25) is 14.2 Å². The minimum Gasteiger partial charge on any atom is -0.465 e. The number of nitrogens with zero attached hydrogens (tertiary/aromatic N) is 3. The van der Waals surface area contributed by atoms with E-state index in [0.717, 1.165) is 11.1 Å². The molecule has 0 aliphatic carbocycles. The molecule has 4 aromatic rings. The summed E-state index contributed by atoms with van der Waals surface area (Å²) in [6.45, 7) is 0.635. The first kappa shape index (κ1) is 21.0. The van der Waals surface area contributed by atoms with E-state index in [2.05, 4.69) is 20.6 Å². The molecule has 0 spiro atoms. The van der Waals surface area contributed by atoms with Crippen LogP contribution in [0.4, 0.5) is 9.18 Å². The van der Waals surface area contributed by atoms with Crippen LogP contribution >= 0.6 is 0 Å². The molecule has 162 valence electrons. The summed E-state index contributed by atoms with van der Waals surface area (Å²) in [7, 11) is 0. The third kappa shape index (κ3) is 4.72. The Hall–Kier alpha value is -4.27. The predicted molar refractivity (Wildman–Crippen MR) is 117 cm³/mol. The number of carbonyl (C=O) groups is 2. The molecule has 2 heterocycles. The van der Waals surface area contributed by atoms with E-state index in [1.54, 1.807) is 55.0 Å². The first-order valence-electron chi connectivity index (χ1n) is 9.96. The van der Waals surface area contributed by atoms with Crippen LogP contribution in [0.2, 0.25) is 0 Å². The maximum absolute atomic E-state index is 13.6. The van der Waals surface area contributed by atoms with Gasteiger partial charge in [0.05, 0.1) is 23.6 Å². The molecule has 2 aromatic heterocycles. The highest BCUT2D eigenvalue weighted by molar-refractivity contribution is 5.94. The number of nitrogens with one attached hydrogen (secondary N) is 2. The zero-order valence-corrected chi connectivity index (χ0v) is 17.0. The van der Waals surface area contributed by atoms with E-state index >= 15 is 0 Å². The summed E-state index contributed by atoms with van der Waals surface area (Å²) in [6.07, 6.45) is 4.59. The molecule has 0 bridgehead atoms. The number of carboxylic acid groups (broad SMARTS) is 1. The number of halogens is 1. The van der Waals surface area contributed by atoms with Crippen molar-refractivity contribution in [2.45, 2.75) is 6.42 Å². The molecule has 8 nitrogen and oxygen atoms in total. The maximum Gasteiger partial charge on any atom is 0.404 e. The molecule has 0 fully saturated rings. The smallest absolute Gasteiger partial charge is 0.404 e. The molecule has 0 saturated heterocycles. The number of imidazole rings is 1. The molecular formula is C23H20FN5O3. The average Bonchev–Trinajstić information content (AvgIpc) is 3.22. The van der Waals surface area contributed by atoms with Crippen molar-refractivity contribution in [2.75, 3.05) is 13.1 Å². The number of rotatable bonds is 7. The van der Waals surface area contributed by atoms with Crippen LogP contribution in [0.15, 0.2) is 67.1 Å². The Bertz CT molecular complexity index is 1270. The number of aromatic nitrogens is 3. The molecule has 3 N–H and O–H groups in total. The normalized spacial score (nSPS) is 10.8. The van der Waals surface area contributed by atoms with Gasteiger partial charge in [-0.1, -0.05) is 24.3 Å². The number of carbonyl (C=O) groups excluding carboxylic acids is 1. The molecule has 0 unspecified atom stereocenters. The predicted octanol–water partition coefficient (Wildman–Crippen LogP) is 3.59. The lowest BCUT2D eigenvalue weighted by molar-refractivity contribution is 0.0953. The van der Waals surface area contributed by atoms with Gasteiger partial charge in [0, 0.05) is 36.0 Å². The Kier molecular flexibility index (Phi) is 6.07. The van der Waals surface area contributed by atoms with Crippen LogP contribution in [0, 0.1) is 5.82 Å². The zero-order chi connectivity index (χ0) is 22.5. The number of hydrogen-bond donors (Lipinski definition) is 3. The largest absolute Gasteiger partial charge is 0.465 e.